The van der Waals surface area contributed by atoms with Gasteiger partial charge in [0.15, 0.2) is 0 Å². The molecular weight excluding hydrogens is 275 g/mol. The molecule has 1 saturated heterocycles. The van der Waals surface area contributed by atoms with Gasteiger partial charge in [0.2, 0.25) is 0 Å². The van der Waals surface area contributed by atoms with E-state index in [0.717, 1.165) is 6.42 Å². The second-order valence-corrected chi connectivity index (χ2v) is 4.99. The Balaban J connectivity index is 1.97. The fourth-order valence-electron chi connectivity index (χ4n) is 1.87. The van der Waals surface area contributed by atoms with Crippen molar-refractivity contribution in [2.24, 2.45) is 5.73 Å². The first-order chi connectivity index (χ1) is 8.60. The maximum Gasteiger partial charge on any atom is 0.253 e. The summed E-state index contributed by atoms with van der Waals surface area (Å²) in [4.78, 5) is 11.9. The monoisotopic (exact) mass is 288 g/mol. The van der Waals surface area contributed by atoms with Crippen LogP contribution in [-0.2, 0) is 9.53 Å². The molecule has 18 heavy (non-hydrogen) atoms. The first-order valence-corrected chi connectivity index (χ1v) is 6.47. The summed E-state index contributed by atoms with van der Waals surface area (Å²) in [5.74, 6) is -0.177. The molecule has 2 atom stereocenters. The van der Waals surface area contributed by atoms with Crippen molar-refractivity contribution in [2.75, 3.05) is 11.9 Å². The van der Waals surface area contributed by atoms with Crippen LogP contribution < -0.4 is 11.1 Å². The van der Waals surface area contributed by atoms with Gasteiger partial charge in [0.1, 0.15) is 6.10 Å². The largest absolute Gasteiger partial charge is 0.364 e. The number of hydrogen-bond acceptors (Lipinski definition) is 3. The Morgan fingerprint density at radius 2 is 2.17 bits per heavy atom. The molecule has 0 bridgehead atoms. The maximum atomic E-state index is 11.9. The van der Waals surface area contributed by atoms with Gasteiger partial charge >= 0.3 is 0 Å². The van der Waals surface area contributed by atoms with Crippen LogP contribution in [0.2, 0.25) is 10.0 Å². The quantitative estimate of drug-likeness (QED) is 0.898. The standard InChI is InChI=1S/C12H14Cl2N2O2/c13-9-3-1-7(5-10(9)14)16-12(17)11-4-2-8(6-15)18-11/h1,3,5,8,11H,2,4,6,15H2,(H,16,17). The average molecular weight is 289 g/mol. The molecule has 0 spiro atoms. The summed E-state index contributed by atoms with van der Waals surface area (Å²) in [6.07, 6.45) is 1.05. The van der Waals surface area contributed by atoms with Gasteiger partial charge < -0.3 is 15.8 Å². The molecule has 0 aromatic heterocycles. The van der Waals surface area contributed by atoms with Gasteiger partial charge in [0.25, 0.3) is 5.91 Å². The molecule has 2 unspecified atom stereocenters. The highest BCUT2D eigenvalue weighted by Crippen LogP contribution is 2.26. The van der Waals surface area contributed by atoms with Crippen LogP contribution in [0.1, 0.15) is 12.8 Å². The molecule has 1 aliphatic heterocycles. The van der Waals surface area contributed by atoms with Crippen LogP contribution in [0, 0.1) is 0 Å². The molecular formula is C12H14Cl2N2O2. The van der Waals surface area contributed by atoms with E-state index >= 15 is 0 Å². The molecule has 1 aliphatic rings. The number of amides is 1. The van der Waals surface area contributed by atoms with Gasteiger partial charge in [-0.3, -0.25) is 4.79 Å². The number of anilines is 1. The summed E-state index contributed by atoms with van der Waals surface area (Å²) >= 11 is 11.7. The number of hydrogen-bond donors (Lipinski definition) is 2. The van der Waals surface area contributed by atoms with E-state index in [2.05, 4.69) is 5.32 Å². The van der Waals surface area contributed by atoms with E-state index in [9.17, 15) is 4.79 Å². The number of carbonyl (C=O) groups is 1. The lowest BCUT2D eigenvalue weighted by molar-refractivity contribution is -0.126. The molecule has 0 aliphatic carbocycles. The zero-order chi connectivity index (χ0) is 13.1. The second-order valence-electron chi connectivity index (χ2n) is 4.18. The van der Waals surface area contributed by atoms with Crippen LogP contribution in [0.4, 0.5) is 5.69 Å². The molecule has 2 rings (SSSR count). The van der Waals surface area contributed by atoms with E-state index in [1.54, 1.807) is 18.2 Å². The summed E-state index contributed by atoms with van der Waals surface area (Å²) in [6.45, 7) is 0.441. The molecule has 1 heterocycles. The lowest BCUT2D eigenvalue weighted by Gasteiger charge is -2.13. The van der Waals surface area contributed by atoms with Gasteiger partial charge in [0.05, 0.1) is 16.1 Å². The minimum Gasteiger partial charge on any atom is -0.364 e. The molecule has 4 nitrogen and oxygen atoms in total. The predicted octanol–water partition coefficient (Wildman–Crippen LogP) is 2.44. The van der Waals surface area contributed by atoms with Crippen molar-refractivity contribution in [1.29, 1.82) is 0 Å². The lowest BCUT2D eigenvalue weighted by atomic mass is 10.2. The minimum absolute atomic E-state index is 0.0189. The van der Waals surface area contributed by atoms with E-state index in [-0.39, 0.29) is 12.0 Å². The van der Waals surface area contributed by atoms with Crippen LogP contribution in [0.15, 0.2) is 18.2 Å². The Bertz CT molecular complexity index is 454. The molecule has 6 heteroatoms. The third-order valence-electron chi connectivity index (χ3n) is 2.85. The molecule has 1 fully saturated rings. The fourth-order valence-corrected chi connectivity index (χ4v) is 2.17. The first-order valence-electron chi connectivity index (χ1n) is 5.71. The van der Waals surface area contributed by atoms with Gasteiger partial charge in [-0.05, 0) is 31.0 Å². The van der Waals surface area contributed by atoms with Crippen molar-refractivity contribution < 1.29 is 9.53 Å². The highest BCUT2D eigenvalue weighted by Gasteiger charge is 2.29. The van der Waals surface area contributed by atoms with Gasteiger partial charge in [-0.1, -0.05) is 23.2 Å². The molecule has 0 radical (unpaired) electrons. The van der Waals surface area contributed by atoms with Crippen molar-refractivity contribution in [3.8, 4) is 0 Å². The third kappa shape index (κ3) is 3.14. The molecule has 1 aromatic rings. The number of nitrogens with two attached hydrogens (primary N) is 1. The molecule has 1 amide bonds. The Morgan fingerprint density at radius 3 is 2.78 bits per heavy atom. The van der Waals surface area contributed by atoms with E-state index in [1.807, 2.05) is 0 Å². The Morgan fingerprint density at radius 1 is 1.39 bits per heavy atom. The normalized spacial score (nSPS) is 23.1. The van der Waals surface area contributed by atoms with Gasteiger partial charge in [-0.2, -0.15) is 0 Å². The Hall–Kier alpha value is -0.810. The van der Waals surface area contributed by atoms with Crippen molar-refractivity contribution >= 4 is 34.8 Å². The number of carbonyl (C=O) groups excluding carboxylic acids is 1. The minimum atomic E-state index is -0.437. The average Bonchev–Trinajstić information content (AvgIpc) is 2.82. The van der Waals surface area contributed by atoms with E-state index in [1.165, 1.54) is 0 Å². The molecule has 3 N–H and O–H groups in total. The van der Waals surface area contributed by atoms with Crippen LogP contribution in [0.3, 0.4) is 0 Å². The van der Waals surface area contributed by atoms with Gasteiger partial charge in [-0.25, -0.2) is 0 Å². The summed E-state index contributed by atoms with van der Waals surface area (Å²) in [6, 6.07) is 4.94. The Kier molecular flexibility index (Phi) is 4.45. The van der Waals surface area contributed by atoms with E-state index in [0.29, 0.717) is 28.7 Å². The number of halogens is 2. The molecule has 1 aromatic carbocycles. The fraction of sp³-hybridized carbons (Fsp3) is 0.417. The molecule has 98 valence electrons. The zero-order valence-corrected chi connectivity index (χ0v) is 11.2. The van der Waals surface area contributed by atoms with Crippen LogP contribution in [0.5, 0.6) is 0 Å². The first kappa shape index (κ1) is 13.6. The highest BCUT2D eigenvalue weighted by atomic mass is 35.5. The van der Waals surface area contributed by atoms with Crippen molar-refractivity contribution in [3.63, 3.8) is 0 Å². The van der Waals surface area contributed by atoms with Crippen molar-refractivity contribution in [2.45, 2.75) is 25.0 Å². The number of nitrogens with one attached hydrogen (secondary N) is 1. The topological polar surface area (TPSA) is 64.4 Å². The summed E-state index contributed by atoms with van der Waals surface area (Å²) < 4.78 is 5.50. The van der Waals surface area contributed by atoms with E-state index in [4.69, 9.17) is 33.7 Å². The smallest absolute Gasteiger partial charge is 0.253 e. The third-order valence-corrected chi connectivity index (χ3v) is 3.59. The van der Waals surface area contributed by atoms with Crippen molar-refractivity contribution in [1.82, 2.24) is 0 Å². The zero-order valence-electron chi connectivity index (χ0n) is 9.66. The summed E-state index contributed by atoms with van der Waals surface area (Å²) in [7, 11) is 0. The molecule has 0 saturated carbocycles. The van der Waals surface area contributed by atoms with Crippen LogP contribution >= 0.6 is 23.2 Å². The lowest BCUT2D eigenvalue weighted by Crippen LogP contribution is -2.29. The van der Waals surface area contributed by atoms with Crippen molar-refractivity contribution in [3.05, 3.63) is 28.2 Å². The number of ether oxygens (including phenoxy) is 1. The maximum absolute atomic E-state index is 11.9. The van der Waals surface area contributed by atoms with Crippen LogP contribution in [0.25, 0.3) is 0 Å². The highest BCUT2D eigenvalue weighted by molar-refractivity contribution is 6.42. The summed E-state index contributed by atoms with van der Waals surface area (Å²) in [5.41, 5.74) is 6.10. The Labute approximate surface area is 115 Å². The van der Waals surface area contributed by atoms with Gasteiger partial charge in [0, 0.05) is 12.2 Å². The van der Waals surface area contributed by atoms with Crippen LogP contribution in [-0.4, -0.2) is 24.7 Å². The SMILES string of the molecule is NCC1CCC(C(=O)Nc2ccc(Cl)c(Cl)c2)O1. The second kappa shape index (κ2) is 5.89. The number of rotatable bonds is 3. The summed E-state index contributed by atoms with van der Waals surface area (Å²) in [5, 5.41) is 3.61. The number of benzene rings is 1. The van der Waals surface area contributed by atoms with Gasteiger partial charge in [-0.15, -0.1) is 0 Å². The predicted molar refractivity (Wildman–Crippen MR) is 72.0 cm³/mol. The van der Waals surface area contributed by atoms with E-state index < -0.39 is 6.10 Å².